The second kappa shape index (κ2) is 9.12. The Kier molecular flexibility index (Phi) is 7.51. The van der Waals surface area contributed by atoms with Gasteiger partial charge in [-0.05, 0) is 37.6 Å². The molecule has 0 aliphatic rings. The lowest BCUT2D eigenvalue weighted by atomic mass is 9.98. The number of nitrogens with zero attached hydrogens (tertiary/aromatic N) is 5. The molecule has 0 spiro atoms. The zero-order valence-corrected chi connectivity index (χ0v) is 14.7. The van der Waals surface area contributed by atoms with Crippen LogP contribution in [0.15, 0.2) is 33.4 Å². The fourth-order valence-electron chi connectivity index (χ4n) is 1.76. The van der Waals surface area contributed by atoms with E-state index < -0.39 is 5.54 Å². The molecule has 0 saturated carbocycles. The number of aliphatic imine (C=N–C) groups is 1. The Morgan fingerprint density at radius 1 is 1.33 bits per heavy atom. The highest BCUT2D eigenvalue weighted by molar-refractivity contribution is 6.36. The summed E-state index contributed by atoms with van der Waals surface area (Å²) in [7, 11) is 0. The second-order valence-electron chi connectivity index (χ2n) is 5.24. The van der Waals surface area contributed by atoms with Gasteiger partial charge in [0.05, 0.1) is 5.54 Å². The first kappa shape index (κ1) is 19.8. The Morgan fingerprint density at radius 2 is 1.96 bits per heavy atom. The van der Waals surface area contributed by atoms with Crippen molar-refractivity contribution in [2.45, 2.75) is 19.4 Å². The zero-order valence-electron chi connectivity index (χ0n) is 13.2. The molecule has 1 aromatic carbocycles. The van der Waals surface area contributed by atoms with Crippen LogP contribution < -0.4 is 11.2 Å². The van der Waals surface area contributed by atoms with Crippen LogP contribution in [0, 0.1) is 0 Å². The van der Waals surface area contributed by atoms with E-state index in [1.165, 1.54) is 24.4 Å². The summed E-state index contributed by atoms with van der Waals surface area (Å²) in [6, 6.07) is 4.55. The van der Waals surface area contributed by atoms with Crippen LogP contribution in [0.5, 0.6) is 0 Å². The number of nitrogens with one attached hydrogen (secondary N) is 1. The van der Waals surface area contributed by atoms with E-state index in [-0.39, 0.29) is 19.0 Å². The Labute approximate surface area is 149 Å². The largest absolute Gasteiger partial charge is 0.341 e. The lowest BCUT2D eigenvalue weighted by Gasteiger charge is -2.25. The molecular formula is C14H17Cl2N7O. The maximum absolute atomic E-state index is 12.4. The Morgan fingerprint density at radius 3 is 2.50 bits per heavy atom. The molecule has 0 bridgehead atoms. The fraction of sp³-hybridized carbons (Fsp3) is 0.357. The number of nitrogens with two attached hydrogens (primary N) is 1. The molecule has 0 atom stereocenters. The van der Waals surface area contributed by atoms with Crippen molar-refractivity contribution in [1.82, 2.24) is 5.32 Å². The number of azide groups is 1. The molecule has 3 N–H and O–H groups in total. The monoisotopic (exact) mass is 369 g/mol. The normalized spacial score (nSPS) is 12.1. The Balaban J connectivity index is 2.85. The highest BCUT2D eigenvalue weighted by atomic mass is 35.5. The Bertz CT molecular complexity index is 689. The van der Waals surface area contributed by atoms with Crippen molar-refractivity contribution in [3.63, 3.8) is 0 Å². The lowest BCUT2D eigenvalue weighted by molar-refractivity contribution is 0.0932. The maximum Gasteiger partial charge on any atom is 0.252 e. The number of rotatable bonds is 7. The van der Waals surface area contributed by atoms with Crippen LogP contribution >= 0.6 is 23.2 Å². The minimum Gasteiger partial charge on any atom is -0.341 e. The van der Waals surface area contributed by atoms with Gasteiger partial charge in [0.1, 0.15) is 5.71 Å². The molecule has 0 fully saturated rings. The molecule has 1 aromatic rings. The van der Waals surface area contributed by atoms with Crippen molar-refractivity contribution in [1.29, 1.82) is 0 Å². The van der Waals surface area contributed by atoms with Crippen LogP contribution in [0.2, 0.25) is 10.0 Å². The van der Waals surface area contributed by atoms with Crippen molar-refractivity contribution in [3.8, 4) is 0 Å². The standard InChI is InChI=1S/C14H17Cl2N7O/c1-14(2,12(22-17)8-19-3-4-20-23-18)21-13(24)9-5-10(15)7-11(16)6-9/h5-8H,3-4,17H2,1-2H3,(H,21,24)/b19-8?,22-12+. The van der Waals surface area contributed by atoms with Crippen LogP contribution in [-0.4, -0.2) is 36.5 Å². The zero-order chi connectivity index (χ0) is 18.2. The maximum atomic E-state index is 12.4. The van der Waals surface area contributed by atoms with E-state index in [4.69, 9.17) is 34.6 Å². The first-order chi connectivity index (χ1) is 11.3. The highest BCUT2D eigenvalue weighted by Gasteiger charge is 2.27. The van der Waals surface area contributed by atoms with E-state index in [9.17, 15) is 4.79 Å². The smallest absolute Gasteiger partial charge is 0.252 e. The van der Waals surface area contributed by atoms with Crippen LogP contribution in [0.3, 0.4) is 0 Å². The Hall–Kier alpha value is -2.28. The van der Waals surface area contributed by atoms with E-state index in [0.29, 0.717) is 21.3 Å². The average molecular weight is 370 g/mol. The average Bonchev–Trinajstić information content (AvgIpc) is 2.49. The molecule has 8 nitrogen and oxygen atoms in total. The summed E-state index contributed by atoms with van der Waals surface area (Å²) in [6.45, 7) is 3.96. The summed E-state index contributed by atoms with van der Waals surface area (Å²) in [5.41, 5.74) is 7.98. The van der Waals surface area contributed by atoms with E-state index in [1.54, 1.807) is 13.8 Å². The van der Waals surface area contributed by atoms with Gasteiger partial charge >= 0.3 is 0 Å². The van der Waals surface area contributed by atoms with Gasteiger partial charge in [-0.15, -0.1) is 0 Å². The van der Waals surface area contributed by atoms with Crippen molar-refractivity contribution >= 4 is 41.0 Å². The van der Waals surface area contributed by atoms with Crippen molar-refractivity contribution in [3.05, 3.63) is 44.3 Å². The molecule has 0 radical (unpaired) electrons. The van der Waals surface area contributed by atoms with E-state index in [0.717, 1.165) is 0 Å². The summed E-state index contributed by atoms with van der Waals surface area (Å²) in [6.07, 6.45) is 1.43. The van der Waals surface area contributed by atoms with Gasteiger partial charge < -0.3 is 11.2 Å². The van der Waals surface area contributed by atoms with E-state index in [2.05, 4.69) is 25.4 Å². The van der Waals surface area contributed by atoms with Crippen LogP contribution in [0.25, 0.3) is 10.4 Å². The number of amides is 1. The van der Waals surface area contributed by atoms with Crippen molar-refractivity contribution < 1.29 is 4.79 Å². The van der Waals surface area contributed by atoms with Gasteiger partial charge in [0.15, 0.2) is 0 Å². The number of hydrogen-bond acceptors (Lipinski definition) is 5. The van der Waals surface area contributed by atoms with Crippen LogP contribution in [0.1, 0.15) is 24.2 Å². The third kappa shape index (κ3) is 6.08. The first-order valence-electron chi connectivity index (χ1n) is 6.88. The first-order valence-corrected chi connectivity index (χ1v) is 7.63. The van der Waals surface area contributed by atoms with Gasteiger partial charge in [-0.1, -0.05) is 28.3 Å². The quantitative estimate of drug-likeness (QED) is 0.145. The van der Waals surface area contributed by atoms with Gasteiger partial charge in [0, 0.05) is 39.8 Å². The molecule has 0 aliphatic heterocycles. The summed E-state index contributed by atoms with van der Waals surface area (Å²) in [5.74, 6) is 5.00. The number of halogens is 2. The minimum absolute atomic E-state index is 0.221. The van der Waals surface area contributed by atoms with Gasteiger partial charge in [-0.2, -0.15) is 5.10 Å². The van der Waals surface area contributed by atoms with E-state index in [1.807, 2.05) is 0 Å². The van der Waals surface area contributed by atoms with E-state index >= 15 is 0 Å². The number of hydrazone groups is 1. The van der Waals surface area contributed by atoms with Crippen molar-refractivity contribution in [2.24, 2.45) is 21.1 Å². The third-order valence-corrected chi connectivity index (χ3v) is 3.37. The molecule has 0 aliphatic carbocycles. The molecule has 1 amide bonds. The second-order valence-corrected chi connectivity index (χ2v) is 6.11. The number of hydrogen-bond donors (Lipinski definition) is 2. The summed E-state index contributed by atoms with van der Waals surface area (Å²) in [5, 5.41) is 10.5. The predicted octanol–water partition coefficient (Wildman–Crippen LogP) is 3.20. The molecule has 24 heavy (non-hydrogen) atoms. The molecule has 1 rings (SSSR count). The number of carbonyl (C=O) groups is 1. The molecular weight excluding hydrogens is 353 g/mol. The van der Waals surface area contributed by atoms with Gasteiger partial charge in [0.2, 0.25) is 0 Å². The summed E-state index contributed by atoms with van der Waals surface area (Å²) in [4.78, 5) is 19.1. The molecule has 10 heteroatoms. The molecule has 128 valence electrons. The fourth-order valence-corrected chi connectivity index (χ4v) is 2.29. The molecule has 0 unspecified atom stereocenters. The number of carbonyl (C=O) groups excluding carboxylic acids is 1. The van der Waals surface area contributed by atoms with Gasteiger partial charge in [-0.25, -0.2) is 0 Å². The van der Waals surface area contributed by atoms with Gasteiger partial charge in [-0.3, -0.25) is 9.79 Å². The third-order valence-electron chi connectivity index (χ3n) is 2.94. The highest BCUT2D eigenvalue weighted by Crippen LogP contribution is 2.19. The molecule has 0 aromatic heterocycles. The lowest BCUT2D eigenvalue weighted by Crippen LogP contribution is -2.50. The van der Waals surface area contributed by atoms with Crippen molar-refractivity contribution in [2.75, 3.05) is 13.1 Å². The SMILES string of the molecule is CC(C)(NC(=O)c1cc(Cl)cc(Cl)c1)/C(C=NCCN=[N+]=[N-])=N/N. The topological polar surface area (TPSA) is 129 Å². The summed E-state index contributed by atoms with van der Waals surface area (Å²) < 4.78 is 0. The molecule has 0 heterocycles. The number of benzene rings is 1. The van der Waals surface area contributed by atoms with Gasteiger partial charge in [0.25, 0.3) is 5.91 Å². The molecule has 0 saturated heterocycles. The van der Waals surface area contributed by atoms with Crippen LogP contribution in [-0.2, 0) is 0 Å². The minimum atomic E-state index is -0.886. The summed E-state index contributed by atoms with van der Waals surface area (Å²) >= 11 is 11.8. The predicted molar refractivity (Wildman–Crippen MR) is 97.0 cm³/mol. The van der Waals surface area contributed by atoms with Crippen LogP contribution in [0.4, 0.5) is 0 Å².